The lowest BCUT2D eigenvalue weighted by Gasteiger charge is -2.39. The zero-order chi connectivity index (χ0) is 18.9. The summed E-state index contributed by atoms with van der Waals surface area (Å²) in [6, 6.07) is 6.68. The predicted octanol–water partition coefficient (Wildman–Crippen LogP) is 4.45. The van der Waals surface area contributed by atoms with Crippen molar-refractivity contribution in [3.05, 3.63) is 29.3 Å². The van der Waals surface area contributed by atoms with Gasteiger partial charge in [0.25, 0.3) is 0 Å². The Kier molecular flexibility index (Phi) is 5.47. The second-order valence-corrected chi connectivity index (χ2v) is 8.57. The quantitative estimate of drug-likeness (QED) is 0.795. The number of fused-ring (bicyclic) bond motifs is 2. The molecule has 26 heavy (non-hydrogen) atoms. The highest BCUT2D eigenvalue weighted by atomic mass is 16.6. The van der Waals surface area contributed by atoms with E-state index in [0.29, 0.717) is 6.61 Å². The largest absolute Gasteiger partial charge is 0.490 e. The van der Waals surface area contributed by atoms with Crippen molar-refractivity contribution >= 4 is 6.09 Å². The van der Waals surface area contributed by atoms with Gasteiger partial charge in [-0.3, -0.25) is 0 Å². The van der Waals surface area contributed by atoms with E-state index < -0.39 is 5.60 Å². The Morgan fingerprint density at radius 1 is 1.15 bits per heavy atom. The zero-order valence-corrected chi connectivity index (χ0v) is 16.6. The summed E-state index contributed by atoms with van der Waals surface area (Å²) in [5.74, 6) is 0.896. The first-order valence-electron chi connectivity index (χ1n) is 9.52. The molecular formula is C21H31NO4. The van der Waals surface area contributed by atoms with Crippen LogP contribution in [0.1, 0.15) is 57.6 Å². The van der Waals surface area contributed by atoms with Gasteiger partial charge in [-0.1, -0.05) is 6.07 Å². The summed E-state index contributed by atoms with van der Waals surface area (Å²) >= 11 is 0. The van der Waals surface area contributed by atoms with Crippen molar-refractivity contribution in [2.24, 2.45) is 0 Å². The average molecular weight is 361 g/mol. The molecular weight excluding hydrogens is 330 g/mol. The molecule has 0 aliphatic carbocycles. The van der Waals surface area contributed by atoms with Crippen LogP contribution in [0.25, 0.3) is 0 Å². The maximum atomic E-state index is 12.5. The van der Waals surface area contributed by atoms with Gasteiger partial charge < -0.3 is 19.1 Å². The number of amides is 1. The molecule has 2 heterocycles. The SMILES string of the molecule is COCc1cc(C)cc(O[C@H]2C[C@H]3CC[C@@H](C2)N3C(=O)OC(C)(C)C)c1. The maximum absolute atomic E-state index is 12.5. The number of nitrogens with zero attached hydrogens (tertiary/aromatic N) is 1. The number of rotatable bonds is 4. The van der Waals surface area contributed by atoms with Crippen molar-refractivity contribution in [3.63, 3.8) is 0 Å². The lowest BCUT2D eigenvalue weighted by molar-refractivity contribution is -0.00709. The molecule has 2 aliphatic rings. The van der Waals surface area contributed by atoms with Gasteiger partial charge in [-0.2, -0.15) is 0 Å². The highest BCUT2D eigenvalue weighted by Crippen LogP contribution is 2.38. The molecule has 2 aliphatic heterocycles. The molecule has 2 fully saturated rings. The molecule has 0 aromatic heterocycles. The smallest absolute Gasteiger partial charge is 0.410 e. The first-order valence-corrected chi connectivity index (χ1v) is 9.52. The summed E-state index contributed by atoms with van der Waals surface area (Å²) < 4.78 is 17.1. The number of carbonyl (C=O) groups excluding carboxylic acids is 1. The van der Waals surface area contributed by atoms with E-state index in [1.54, 1.807) is 7.11 Å². The van der Waals surface area contributed by atoms with Gasteiger partial charge in [-0.05, 0) is 63.8 Å². The second-order valence-electron chi connectivity index (χ2n) is 8.57. The highest BCUT2D eigenvalue weighted by Gasteiger charge is 2.45. The number of aryl methyl sites for hydroxylation is 1. The van der Waals surface area contributed by atoms with Crippen molar-refractivity contribution in [2.75, 3.05) is 7.11 Å². The first-order chi connectivity index (χ1) is 12.2. The summed E-state index contributed by atoms with van der Waals surface area (Å²) in [4.78, 5) is 14.5. The Bertz CT molecular complexity index is 638. The summed E-state index contributed by atoms with van der Waals surface area (Å²) in [6.07, 6.45) is 3.76. The molecule has 5 nitrogen and oxygen atoms in total. The predicted molar refractivity (Wildman–Crippen MR) is 100 cm³/mol. The van der Waals surface area contributed by atoms with Gasteiger partial charge >= 0.3 is 6.09 Å². The van der Waals surface area contributed by atoms with E-state index in [0.717, 1.165) is 37.0 Å². The number of methoxy groups -OCH3 is 1. The average Bonchev–Trinajstić information content (AvgIpc) is 2.77. The van der Waals surface area contributed by atoms with Crippen molar-refractivity contribution in [2.45, 2.75) is 83.8 Å². The topological polar surface area (TPSA) is 48.0 Å². The maximum Gasteiger partial charge on any atom is 0.410 e. The van der Waals surface area contributed by atoms with E-state index in [4.69, 9.17) is 14.2 Å². The van der Waals surface area contributed by atoms with Crippen molar-refractivity contribution in [3.8, 4) is 5.75 Å². The Morgan fingerprint density at radius 2 is 1.81 bits per heavy atom. The Balaban J connectivity index is 1.65. The van der Waals surface area contributed by atoms with Crippen LogP contribution in [0.4, 0.5) is 4.79 Å². The minimum Gasteiger partial charge on any atom is -0.490 e. The summed E-state index contributed by atoms with van der Waals surface area (Å²) in [6.45, 7) is 8.40. The van der Waals surface area contributed by atoms with Crippen LogP contribution in [-0.2, 0) is 16.1 Å². The second kappa shape index (κ2) is 7.47. The van der Waals surface area contributed by atoms with Gasteiger partial charge in [-0.15, -0.1) is 0 Å². The lowest BCUT2D eigenvalue weighted by atomic mass is 10.00. The third-order valence-corrected chi connectivity index (χ3v) is 5.02. The fraction of sp³-hybridized carbons (Fsp3) is 0.667. The Hall–Kier alpha value is -1.75. The number of benzene rings is 1. The molecule has 1 aromatic rings. The molecule has 2 saturated heterocycles. The van der Waals surface area contributed by atoms with Crippen LogP contribution in [0, 0.1) is 6.92 Å². The van der Waals surface area contributed by atoms with Crippen molar-refractivity contribution < 1.29 is 19.0 Å². The van der Waals surface area contributed by atoms with Gasteiger partial charge in [0, 0.05) is 32.0 Å². The van der Waals surface area contributed by atoms with Gasteiger partial charge in [0.15, 0.2) is 0 Å². The van der Waals surface area contributed by atoms with Gasteiger partial charge in [0.05, 0.1) is 6.61 Å². The van der Waals surface area contributed by atoms with E-state index in [-0.39, 0.29) is 24.3 Å². The monoisotopic (exact) mass is 361 g/mol. The van der Waals surface area contributed by atoms with Crippen LogP contribution in [0.15, 0.2) is 18.2 Å². The van der Waals surface area contributed by atoms with E-state index in [1.165, 1.54) is 5.56 Å². The molecule has 144 valence electrons. The molecule has 0 N–H and O–H groups in total. The zero-order valence-electron chi connectivity index (χ0n) is 16.6. The third kappa shape index (κ3) is 4.50. The number of ether oxygens (including phenoxy) is 3. The number of carbonyl (C=O) groups is 1. The molecule has 0 unspecified atom stereocenters. The highest BCUT2D eigenvalue weighted by molar-refractivity contribution is 5.69. The fourth-order valence-electron chi connectivity index (χ4n) is 4.17. The van der Waals surface area contributed by atoms with Crippen LogP contribution in [-0.4, -0.2) is 41.9 Å². The van der Waals surface area contributed by atoms with Crippen LogP contribution in [0.3, 0.4) is 0 Å². The molecule has 0 spiro atoms. The number of hydrogen-bond acceptors (Lipinski definition) is 4. The lowest BCUT2D eigenvalue weighted by Crippen LogP contribution is -2.50. The molecule has 3 atom stereocenters. The first kappa shape index (κ1) is 19.0. The standard InChI is InChI=1S/C21H31NO4/c1-14-8-15(13-24-5)10-18(9-14)25-19-11-16-6-7-17(12-19)22(16)20(23)26-21(2,3)4/h8-10,16-17,19H,6-7,11-13H2,1-5H3/t16-,17+,19+. The van der Waals surface area contributed by atoms with Gasteiger partial charge in [0.1, 0.15) is 17.5 Å². The fourth-order valence-corrected chi connectivity index (χ4v) is 4.17. The molecule has 2 bridgehead atoms. The van der Waals surface area contributed by atoms with Crippen molar-refractivity contribution in [1.29, 1.82) is 0 Å². The Labute approximate surface area is 156 Å². The molecule has 3 rings (SSSR count). The number of piperidine rings is 1. The van der Waals surface area contributed by atoms with Crippen LogP contribution < -0.4 is 4.74 Å². The normalized spacial score (nSPS) is 25.3. The minimum atomic E-state index is -0.455. The molecule has 1 aromatic carbocycles. The summed E-state index contributed by atoms with van der Waals surface area (Å²) in [5.41, 5.74) is 1.84. The van der Waals surface area contributed by atoms with Crippen LogP contribution in [0.5, 0.6) is 5.75 Å². The van der Waals surface area contributed by atoms with E-state index in [9.17, 15) is 4.79 Å². The number of hydrogen-bond donors (Lipinski definition) is 0. The molecule has 1 amide bonds. The van der Waals surface area contributed by atoms with E-state index in [1.807, 2.05) is 25.7 Å². The molecule has 0 saturated carbocycles. The van der Waals surface area contributed by atoms with E-state index in [2.05, 4.69) is 25.1 Å². The van der Waals surface area contributed by atoms with Gasteiger partial charge in [-0.25, -0.2) is 4.79 Å². The third-order valence-electron chi connectivity index (χ3n) is 5.02. The van der Waals surface area contributed by atoms with Crippen LogP contribution >= 0.6 is 0 Å². The molecule has 5 heteroatoms. The molecule has 0 radical (unpaired) electrons. The van der Waals surface area contributed by atoms with E-state index >= 15 is 0 Å². The minimum absolute atomic E-state index is 0.142. The van der Waals surface area contributed by atoms with Crippen LogP contribution in [0.2, 0.25) is 0 Å². The summed E-state index contributed by atoms with van der Waals surface area (Å²) in [7, 11) is 1.70. The Morgan fingerprint density at radius 3 is 2.38 bits per heavy atom. The van der Waals surface area contributed by atoms with Crippen molar-refractivity contribution in [1.82, 2.24) is 4.90 Å². The summed E-state index contributed by atoms with van der Waals surface area (Å²) in [5, 5.41) is 0. The van der Waals surface area contributed by atoms with Gasteiger partial charge in [0.2, 0.25) is 0 Å².